The number of likely N-dealkylation sites (N-methyl/N-ethyl adjacent to an activating group) is 1. The minimum Gasteiger partial charge on any atom is -0.391 e. The predicted molar refractivity (Wildman–Crippen MR) is 125 cm³/mol. The van der Waals surface area contributed by atoms with E-state index in [9.17, 15) is 33.9 Å². The van der Waals surface area contributed by atoms with Gasteiger partial charge < -0.3 is 41.9 Å². The lowest BCUT2D eigenvalue weighted by atomic mass is 10.1. The number of likely N-dealkylation sites (tertiary alicyclic amines) is 1. The van der Waals surface area contributed by atoms with Crippen LogP contribution in [0.2, 0.25) is 0 Å². The first-order valence-corrected chi connectivity index (χ1v) is 11.5. The molecule has 1 aliphatic heterocycles. The summed E-state index contributed by atoms with van der Waals surface area (Å²) in [6, 6.07) is -1.94. The third-order valence-corrected chi connectivity index (χ3v) is 5.19. The lowest BCUT2D eigenvalue weighted by Gasteiger charge is -2.25. The summed E-state index contributed by atoms with van der Waals surface area (Å²) in [4.78, 5) is 73.8. The number of carbonyl (C=O) groups excluding carboxylic acids is 6. The van der Waals surface area contributed by atoms with Gasteiger partial charge in [-0.25, -0.2) is 0 Å². The molecule has 0 saturated carbocycles. The second-order valence-corrected chi connectivity index (χ2v) is 8.45. The highest BCUT2D eigenvalue weighted by atomic mass is 16.3. The van der Waals surface area contributed by atoms with E-state index >= 15 is 0 Å². The van der Waals surface area contributed by atoms with Crippen molar-refractivity contribution < 1.29 is 33.9 Å². The predicted octanol–water partition coefficient (Wildman–Crippen LogP) is -4.06. The van der Waals surface area contributed by atoms with Crippen molar-refractivity contribution >= 4 is 35.4 Å². The van der Waals surface area contributed by atoms with Crippen molar-refractivity contribution in [1.29, 1.82) is 0 Å². The van der Waals surface area contributed by atoms with E-state index in [1.54, 1.807) is 0 Å². The van der Waals surface area contributed by atoms with Crippen molar-refractivity contribution in [3.63, 3.8) is 0 Å². The second kappa shape index (κ2) is 14.9. The van der Waals surface area contributed by atoms with Gasteiger partial charge in [-0.2, -0.15) is 0 Å². The lowest BCUT2D eigenvalue weighted by molar-refractivity contribution is -0.138. The third-order valence-electron chi connectivity index (χ3n) is 5.19. The molecule has 198 valence electrons. The van der Waals surface area contributed by atoms with Crippen LogP contribution in [0.1, 0.15) is 33.6 Å². The zero-order chi connectivity index (χ0) is 26.5. The van der Waals surface area contributed by atoms with E-state index in [1.165, 1.54) is 18.9 Å². The largest absolute Gasteiger partial charge is 0.391 e. The van der Waals surface area contributed by atoms with Gasteiger partial charge in [-0.15, -0.1) is 0 Å². The quantitative estimate of drug-likeness (QED) is 0.133. The summed E-state index contributed by atoms with van der Waals surface area (Å²) in [5.74, 6) is -3.30. The molecule has 35 heavy (non-hydrogen) atoms. The van der Waals surface area contributed by atoms with Crippen LogP contribution < -0.4 is 31.9 Å². The maximum Gasteiger partial charge on any atom is 0.245 e. The molecule has 1 aliphatic rings. The van der Waals surface area contributed by atoms with Crippen LogP contribution in [-0.4, -0.2) is 109 Å². The minimum absolute atomic E-state index is 0.108. The summed E-state index contributed by atoms with van der Waals surface area (Å²) in [7, 11) is 1.41. The Bertz CT molecular complexity index is 788. The molecule has 0 aliphatic carbocycles. The van der Waals surface area contributed by atoms with Crippen LogP contribution in [-0.2, 0) is 28.8 Å². The normalized spacial score (nSPS) is 16.7. The molecule has 1 saturated heterocycles. The van der Waals surface area contributed by atoms with Gasteiger partial charge in [0.05, 0.1) is 32.3 Å². The highest BCUT2D eigenvalue weighted by Gasteiger charge is 2.34. The van der Waals surface area contributed by atoms with Crippen molar-refractivity contribution in [2.45, 2.75) is 57.8 Å². The standard InChI is InChI=1S/C21H37N7O7/c1-12(2)23-11-18(33)28-7-5-6-14(28)20(34)25-10-17(32)27-19(13(3)29)21(35)26-9-16(31)24-8-15(30)22-4/h12-14,19,23,29H,5-11H2,1-4H3,(H,22,30)(H,24,31)(H,25,34)(H,26,35)(H,27,32). The molecule has 6 amide bonds. The van der Waals surface area contributed by atoms with E-state index in [0.29, 0.717) is 19.4 Å². The summed E-state index contributed by atoms with van der Waals surface area (Å²) < 4.78 is 0. The Morgan fingerprint density at radius 1 is 0.886 bits per heavy atom. The van der Waals surface area contributed by atoms with Crippen LogP contribution in [0.3, 0.4) is 0 Å². The van der Waals surface area contributed by atoms with Crippen molar-refractivity contribution in [3.8, 4) is 0 Å². The monoisotopic (exact) mass is 499 g/mol. The van der Waals surface area contributed by atoms with Crippen molar-refractivity contribution in [2.24, 2.45) is 0 Å². The van der Waals surface area contributed by atoms with Gasteiger partial charge >= 0.3 is 0 Å². The summed E-state index contributed by atoms with van der Waals surface area (Å²) in [6.45, 7) is 4.45. The Kier molecular flexibility index (Phi) is 12.7. The summed E-state index contributed by atoms with van der Waals surface area (Å²) in [6.07, 6.45) is -0.153. The van der Waals surface area contributed by atoms with Crippen LogP contribution in [0.15, 0.2) is 0 Å². The zero-order valence-corrected chi connectivity index (χ0v) is 20.6. The van der Waals surface area contributed by atoms with Gasteiger partial charge in [0.15, 0.2) is 0 Å². The zero-order valence-electron chi connectivity index (χ0n) is 20.6. The fourth-order valence-electron chi connectivity index (χ4n) is 3.25. The second-order valence-electron chi connectivity index (χ2n) is 8.45. The number of aliphatic hydroxyl groups excluding tert-OH is 1. The molecule has 0 aromatic carbocycles. The molecule has 0 aromatic heterocycles. The Morgan fingerprint density at radius 3 is 2.11 bits per heavy atom. The third kappa shape index (κ3) is 10.7. The average molecular weight is 500 g/mol. The first kappa shape index (κ1) is 29.8. The van der Waals surface area contributed by atoms with Crippen LogP contribution in [0.25, 0.3) is 0 Å². The Morgan fingerprint density at radius 2 is 1.51 bits per heavy atom. The van der Waals surface area contributed by atoms with Crippen molar-refractivity contribution in [1.82, 2.24) is 36.8 Å². The number of rotatable bonds is 13. The Hall–Kier alpha value is -3.26. The van der Waals surface area contributed by atoms with Crippen LogP contribution in [0, 0.1) is 0 Å². The van der Waals surface area contributed by atoms with Gasteiger partial charge in [-0.1, -0.05) is 13.8 Å². The molecule has 1 heterocycles. The van der Waals surface area contributed by atoms with E-state index in [-0.39, 0.29) is 25.0 Å². The molecule has 3 atom stereocenters. The van der Waals surface area contributed by atoms with Gasteiger partial charge in [-0.3, -0.25) is 28.8 Å². The SMILES string of the molecule is CNC(=O)CNC(=O)CNC(=O)C(NC(=O)CNC(=O)C1CCCN1C(=O)CNC(C)C)C(C)O. The van der Waals surface area contributed by atoms with Gasteiger partial charge in [-0.05, 0) is 19.8 Å². The fourth-order valence-corrected chi connectivity index (χ4v) is 3.25. The Labute approximate surface area is 204 Å². The van der Waals surface area contributed by atoms with E-state index in [4.69, 9.17) is 0 Å². The average Bonchev–Trinajstić information content (AvgIpc) is 3.31. The van der Waals surface area contributed by atoms with Crippen LogP contribution in [0.5, 0.6) is 0 Å². The van der Waals surface area contributed by atoms with Gasteiger partial charge in [0.2, 0.25) is 35.4 Å². The van der Waals surface area contributed by atoms with Gasteiger partial charge in [0.25, 0.3) is 0 Å². The molecule has 0 radical (unpaired) electrons. The number of hydrogen-bond donors (Lipinski definition) is 7. The van der Waals surface area contributed by atoms with Crippen molar-refractivity contribution in [2.75, 3.05) is 39.8 Å². The molecule has 1 rings (SSSR count). The van der Waals surface area contributed by atoms with Crippen LogP contribution >= 0.6 is 0 Å². The Balaban J connectivity index is 2.52. The molecule has 3 unspecified atom stereocenters. The maximum absolute atomic E-state index is 12.6. The lowest BCUT2D eigenvalue weighted by Crippen LogP contribution is -2.56. The maximum atomic E-state index is 12.6. The first-order valence-electron chi connectivity index (χ1n) is 11.5. The molecule has 14 heteroatoms. The number of nitrogens with one attached hydrogen (secondary N) is 6. The van der Waals surface area contributed by atoms with Gasteiger partial charge in [0.1, 0.15) is 12.1 Å². The van der Waals surface area contributed by atoms with E-state index in [0.717, 1.165) is 0 Å². The summed E-state index contributed by atoms with van der Waals surface area (Å²) in [5.41, 5.74) is 0. The molecule has 0 aromatic rings. The topological polar surface area (TPSA) is 198 Å². The smallest absolute Gasteiger partial charge is 0.245 e. The highest BCUT2D eigenvalue weighted by molar-refractivity contribution is 5.94. The summed E-state index contributed by atoms with van der Waals surface area (Å²) in [5, 5.41) is 24.5. The van der Waals surface area contributed by atoms with Crippen LogP contribution in [0.4, 0.5) is 0 Å². The molecule has 0 spiro atoms. The van der Waals surface area contributed by atoms with E-state index in [2.05, 4.69) is 31.9 Å². The highest BCUT2D eigenvalue weighted by Crippen LogP contribution is 2.17. The molecular weight excluding hydrogens is 462 g/mol. The number of hydrogen-bond acceptors (Lipinski definition) is 8. The van der Waals surface area contributed by atoms with Crippen molar-refractivity contribution in [3.05, 3.63) is 0 Å². The molecule has 14 nitrogen and oxygen atoms in total. The molecular formula is C21H37N7O7. The molecule has 0 bridgehead atoms. The molecule has 1 fully saturated rings. The van der Waals surface area contributed by atoms with Gasteiger partial charge in [0, 0.05) is 19.6 Å². The molecule has 7 N–H and O–H groups in total. The number of nitrogens with zero attached hydrogens (tertiary/aromatic N) is 1. The van der Waals surface area contributed by atoms with E-state index in [1.807, 2.05) is 13.8 Å². The number of carbonyl (C=O) groups is 6. The first-order chi connectivity index (χ1) is 16.5. The minimum atomic E-state index is -1.38. The number of amides is 6. The summed E-state index contributed by atoms with van der Waals surface area (Å²) >= 11 is 0. The fraction of sp³-hybridized carbons (Fsp3) is 0.714. The number of aliphatic hydroxyl groups is 1. The van der Waals surface area contributed by atoms with E-state index < -0.39 is 60.8 Å².